The fraction of sp³-hybridized carbons (Fsp3) is 0.316. The third-order valence-corrected chi connectivity index (χ3v) is 5.70. The van der Waals surface area contributed by atoms with E-state index in [1.54, 1.807) is 23.3 Å². The van der Waals surface area contributed by atoms with E-state index in [-0.39, 0.29) is 5.91 Å². The van der Waals surface area contributed by atoms with E-state index in [0.29, 0.717) is 25.4 Å². The number of thiophene rings is 1. The maximum atomic E-state index is 12.5. The van der Waals surface area contributed by atoms with Crippen molar-refractivity contribution >= 4 is 29.0 Å². The van der Waals surface area contributed by atoms with Crippen LogP contribution >= 0.6 is 23.1 Å². The monoisotopic (exact) mass is 402 g/mol. The highest BCUT2D eigenvalue weighted by molar-refractivity contribution is 7.99. The number of thioether (sulfide) groups is 1. The summed E-state index contributed by atoms with van der Waals surface area (Å²) in [6, 6.07) is 12.0. The fourth-order valence-corrected chi connectivity index (χ4v) is 4.13. The Morgan fingerprint density at radius 2 is 2.07 bits per heavy atom. The molecule has 1 aromatic carbocycles. The van der Waals surface area contributed by atoms with Crippen LogP contribution in [0.1, 0.15) is 5.56 Å². The minimum absolute atomic E-state index is 0.0637. The summed E-state index contributed by atoms with van der Waals surface area (Å²) < 4.78 is 7.23. The van der Waals surface area contributed by atoms with Gasteiger partial charge in [-0.3, -0.25) is 9.36 Å². The average Bonchev–Trinajstić information content (AvgIpc) is 3.34. The molecular formula is C19H22N4O2S2. The van der Waals surface area contributed by atoms with E-state index < -0.39 is 0 Å². The molecule has 0 aliphatic carbocycles. The lowest BCUT2D eigenvalue weighted by molar-refractivity contribution is -0.127. The van der Waals surface area contributed by atoms with Gasteiger partial charge in [-0.15, -0.1) is 10.2 Å². The molecule has 6 nitrogen and oxygen atoms in total. The van der Waals surface area contributed by atoms with Crippen molar-refractivity contribution in [3.05, 3.63) is 52.7 Å². The van der Waals surface area contributed by atoms with E-state index in [1.165, 1.54) is 11.8 Å². The molecule has 3 aromatic rings. The first kappa shape index (κ1) is 19.6. The summed E-state index contributed by atoms with van der Waals surface area (Å²) in [5.74, 6) is 1.17. The summed E-state index contributed by atoms with van der Waals surface area (Å²) in [5.41, 5.74) is 2.14. The van der Waals surface area contributed by atoms with Gasteiger partial charge >= 0.3 is 0 Å². The second kappa shape index (κ2) is 9.68. The van der Waals surface area contributed by atoms with Gasteiger partial charge in [0.15, 0.2) is 11.0 Å². The molecule has 0 spiro atoms. The van der Waals surface area contributed by atoms with Crippen LogP contribution in [-0.4, -0.2) is 52.1 Å². The number of hydrogen-bond acceptors (Lipinski definition) is 6. The summed E-state index contributed by atoms with van der Waals surface area (Å²) in [6.45, 7) is 1.81. The molecule has 0 radical (unpaired) electrons. The zero-order valence-electron chi connectivity index (χ0n) is 15.4. The second-order valence-corrected chi connectivity index (χ2v) is 7.71. The number of benzene rings is 1. The molecule has 0 unspecified atom stereocenters. The molecule has 0 saturated heterocycles. The fourth-order valence-electron chi connectivity index (χ4n) is 2.56. The van der Waals surface area contributed by atoms with Gasteiger partial charge in [0.1, 0.15) is 0 Å². The van der Waals surface area contributed by atoms with Crippen LogP contribution in [0.3, 0.4) is 0 Å². The molecule has 0 N–H and O–H groups in total. The van der Waals surface area contributed by atoms with Crippen molar-refractivity contribution in [2.75, 3.05) is 26.5 Å². The highest BCUT2D eigenvalue weighted by atomic mass is 32.2. The first-order chi connectivity index (χ1) is 13.2. The molecule has 0 aliphatic heterocycles. The number of hydrogen-bond donors (Lipinski definition) is 0. The van der Waals surface area contributed by atoms with Gasteiger partial charge in [0, 0.05) is 26.3 Å². The number of methoxy groups -OCH3 is 1. The minimum atomic E-state index is 0.0637. The van der Waals surface area contributed by atoms with E-state index >= 15 is 0 Å². The summed E-state index contributed by atoms with van der Waals surface area (Å²) >= 11 is 3.04. The van der Waals surface area contributed by atoms with Gasteiger partial charge in [-0.2, -0.15) is 11.3 Å². The van der Waals surface area contributed by atoms with Gasteiger partial charge in [-0.25, -0.2) is 0 Å². The molecule has 2 heterocycles. The Labute approximate surface area is 167 Å². The van der Waals surface area contributed by atoms with Gasteiger partial charge in [0.05, 0.1) is 18.9 Å². The summed E-state index contributed by atoms with van der Waals surface area (Å²) in [7, 11) is 3.49. The highest BCUT2D eigenvalue weighted by Gasteiger charge is 2.17. The Kier molecular flexibility index (Phi) is 7.03. The predicted molar refractivity (Wildman–Crippen MR) is 109 cm³/mol. The SMILES string of the molecule is COCCn1c(SCC(=O)N(C)Cc2ccsc2)nnc1-c1ccccc1. The van der Waals surface area contributed by atoms with E-state index in [0.717, 1.165) is 22.1 Å². The molecule has 8 heteroatoms. The molecule has 0 fully saturated rings. The maximum Gasteiger partial charge on any atom is 0.233 e. The molecule has 3 rings (SSSR count). The molecule has 142 valence electrons. The highest BCUT2D eigenvalue weighted by Crippen LogP contribution is 2.24. The van der Waals surface area contributed by atoms with Crippen LogP contribution in [0.2, 0.25) is 0 Å². The molecule has 0 aliphatic rings. The van der Waals surface area contributed by atoms with Crippen LogP contribution in [0.4, 0.5) is 0 Å². The first-order valence-corrected chi connectivity index (χ1v) is 10.5. The van der Waals surface area contributed by atoms with Gasteiger partial charge in [0.2, 0.25) is 5.91 Å². The maximum absolute atomic E-state index is 12.5. The lowest BCUT2D eigenvalue weighted by Gasteiger charge is -2.16. The molecule has 1 amide bonds. The smallest absolute Gasteiger partial charge is 0.233 e. The van der Waals surface area contributed by atoms with Gasteiger partial charge < -0.3 is 9.64 Å². The zero-order chi connectivity index (χ0) is 19.1. The van der Waals surface area contributed by atoms with Gasteiger partial charge in [-0.1, -0.05) is 42.1 Å². The summed E-state index contributed by atoms with van der Waals surface area (Å²) in [4.78, 5) is 14.2. The normalized spacial score (nSPS) is 10.9. The third-order valence-electron chi connectivity index (χ3n) is 4.02. The molecule has 0 atom stereocenters. The van der Waals surface area contributed by atoms with Crippen LogP contribution in [0.15, 0.2) is 52.3 Å². The lowest BCUT2D eigenvalue weighted by Crippen LogP contribution is -2.27. The Morgan fingerprint density at radius 1 is 1.26 bits per heavy atom. The van der Waals surface area contributed by atoms with Crippen LogP contribution in [0.5, 0.6) is 0 Å². The summed E-state index contributed by atoms with van der Waals surface area (Å²) in [5, 5.41) is 13.4. The number of aromatic nitrogens is 3. The van der Waals surface area contributed by atoms with Crippen molar-refractivity contribution in [3.63, 3.8) is 0 Å². The number of amides is 1. The van der Waals surface area contributed by atoms with E-state index in [2.05, 4.69) is 15.6 Å². The number of rotatable bonds is 9. The molecule has 0 bridgehead atoms. The van der Waals surface area contributed by atoms with Gasteiger partial charge in [-0.05, 0) is 22.4 Å². The van der Waals surface area contributed by atoms with Crippen molar-refractivity contribution in [2.45, 2.75) is 18.2 Å². The van der Waals surface area contributed by atoms with Crippen molar-refractivity contribution in [1.82, 2.24) is 19.7 Å². The van der Waals surface area contributed by atoms with Gasteiger partial charge in [0.25, 0.3) is 0 Å². The van der Waals surface area contributed by atoms with Crippen molar-refractivity contribution in [2.24, 2.45) is 0 Å². The second-order valence-electron chi connectivity index (χ2n) is 5.99. The van der Waals surface area contributed by atoms with E-state index in [4.69, 9.17) is 4.74 Å². The van der Waals surface area contributed by atoms with Crippen LogP contribution in [-0.2, 0) is 22.6 Å². The number of carbonyl (C=O) groups excluding carboxylic acids is 1. The van der Waals surface area contributed by atoms with Crippen LogP contribution in [0.25, 0.3) is 11.4 Å². The molecule has 0 saturated carbocycles. The topological polar surface area (TPSA) is 60.2 Å². The van der Waals surface area contributed by atoms with E-state index in [1.807, 2.05) is 53.4 Å². The number of ether oxygens (including phenoxy) is 1. The Morgan fingerprint density at radius 3 is 2.78 bits per heavy atom. The Bertz CT molecular complexity index is 850. The van der Waals surface area contributed by atoms with Crippen LogP contribution in [0, 0.1) is 0 Å². The minimum Gasteiger partial charge on any atom is -0.383 e. The third kappa shape index (κ3) is 5.18. The number of carbonyl (C=O) groups is 1. The predicted octanol–water partition coefficient (Wildman–Crippen LogP) is 3.40. The lowest BCUT2D eigenvalue weighted by atomic mass is 10.2. The molecule has 2 aromatic heterocycles. The summed E-state index contributed by atoms with van der Waals surface area (Å²) in [6.07, 6.45) is 0. The Hall–Kier alpha value is -2.16. The zero-order valence-corrected chi connectivity index (χ0v) is 17.0. The first-order valence-electron chi connectivity index (χ1n) is 8.54. The van der Waals surface area contributed by atoms with Crippen molar-refractivity contribution in [1.29, 1.82) is 0 Å². The average molecular weight is 403 g/mol. The van der Waals surface area contributed by atoms with Crippen molar-refractivity contribution < 1.29 is 9.53 Å². The molecular weight excluding hydrogens is 380 g/mol. The van der Waals surface area contributed by atoms with Crippen LogP contribution < -0.4 is 0 Å². The Balaban J connectivity index is 1.68. The van der Waals surface area contributed by atoms with E-state index in [9.17, 15) is 4.79 Å². The molecule has 27 heavy (non-hydrogen) atoms. The quantitative estimate of drug-likeness (QED) is 0.514. The van der Waals surface area contributed by atoms with Crippen molar-refractivity contribution in [3.8, 4) is 11.4 Å². The standard InChI is InChI=1S/C19H22N4O2S2/c1-22(12-15-8-11-26-13-15)17(24)14-27-19-21-20-18(23(19)9-10-25-2)16-6-4-3-5-7-16/h3-8,11,13H,9-10,12,14H2,1-2H3. The largest absolute Gasteiger partial charge is 0.383 e. The number of nitrogens with zero attached hydrogens (tertiary/aromatic N) is 4.